The van der Waals surface area contributed by atoms with Gasteiger partial charge < -0.3 is 65.8 Å². The van der Waals surface area contributed by atoms with E-state index in [4.69, 9.17) is 49.1 Å². The minimum Gasteiger partial charge on any atom is -0.497 e. The van der Waals surface area contributed by atoms with E-state index in [9.17, 15) is 60.3 Å². The van der Waals surface area contributed by atoms with Gasteiger partial charge in [0.25, 0.3) is 31.9 Å². The van der Waals surface area contributed by atoms with Crippen molar-refractivity contribution in [3.8, 4) is 45.8 Å². The molecule has 8 heterocycles. The number of aliphatic carboxylic acids is 1. The van der Waals surface area contributed by atoms with E-state index in [0.29, 0.717) is 101 Å². The first-order valence-electron chi connectivity index (χ1n) is 40.5. The van der Waals surface area contributed by atoms with Crippen LogP contribution in [-0.2, 0) is 58.3 Å². The van der Waals surface area contributed by atoms with E-state index in [1.807, 2.05) is 80.9 Å². The molecule has 10 N–H and O–H groups in total. The van der Waals surface area contributed by atoms with Gasteiger partial charge in [0.05, 0.1) is 61.1 Å². The number of pyridine rings is 2. The van der Waals surface area contributed by atoms with Crippen LogP contribution in [0.4, 0.5) is 31.2 Å². The summed E-state index contributed by atoms with van der Waals surface area (Å²) in [6.45, 7) is 18.5. The first-order valence-corrected chi connectivity index (χ1v) is 45.3. The first kappa shape index (κ1) is 90.7. The lowest BCUT2D eigenvalue weighted by molar-refractivity contribution is -0.142. The number of hydrogen-bond donors (Lipinski definition) is 9. The Kier molecular flexibility index (Phi) is 27.8. The average molecular weight is 1770 g/mol. The van der Waals surface area contributed by atoms with Gasteiger partial charge in [0.2, 0.25) is 17.7 Å². The molecule has 4 fully saturated rings. The number of carboxylic acid groups (broad SMARTS) is 1. The van der Waals surface area contributed by atoms with Crippen LogP contribution in [0, 0.1) is 11.8 Å². The molecule has 0 spiro atoms. The van der Waals surface area contributed by atoms with Gasteiger partial charge in [-0.3, -0.25) is 33.8 Å². The number of aromatic nitrogens is 4. The molecule has 2 aliphatic carbocycles. The third-order valence-corrected chi connectivity index (χ3v) is 25.0. The van der Waals surface area contributed by atoms with Crippen LogP contribution in [0.2, 0.25) is 0 Å². The molecule has 0 bridgehead atoms. The number of carbonyl (C=O) groups is 8. The highest BCUT2D eigenvalue weighted by atomic mass is 32.2. The Morgan fingerprint density at radius 1 is 0.569 bits per heavy atom. The molecule has 2 saturated carbocycles. The van der Waals surface area contributed by atoms with Crippen molar-refractivity contribution in [2.45, 2.75) is 215 Å². The lowest BCUT2D eigenvalue weighted by atomic mass is 10.1. The van der Waals surface area contributed by atoms with Gasteiger partial charge in [-0.2, -0.15) is 0 Å². The summed E-state index contributed by atoms with van der Waals surface area (Å²) >= 11 is 2.93. The second-order valence-electron chi connectivity index (χ2n) is 33.5. The fourth-order valence-electron chi connectivity index (χ4n) is 14.4. The number of amides is 7. The number of para-hydroxylation sites is 2. The van der Waals surface area contributed by atoms with Crippen molar-refractivity contribution in [3.63, 3.8) is 0 Å². The molecule has 37 heteroatoms. The Hall–Kier alpha value is -11.5. The number of hydrogen-bond acceptors (Lipinski definition) is 27. The molecule has 656 valence electrons. The number of allylic oxidation sites excluding steroid dienone is 2. The number of carbonyl (C=O) groups excluding carboxylic acids is 7. The molecule has 7 amide bonds. The molecule has 33 nitrogen and oxygen atoms in total. The highest BCUT2D eigenvalue weighted by molar-refractivity contribution is 7.90. The van der Waals surface area contributed by atoms with Crippen molar-refractivity contribution < 1.29 is 88.7 Å². The van der Waals surface area contributed by atoms with Crippen molar-refractivity contribution in [1.29, 1.82) is 0 Å². The number of carboxylic acids is 1. The predicted octanol–water partition coefficient (Wildman–Crippen LogP) is 12.7. The van der Waals surface area contributed by atoms with Crippen LogP contribution >= 0.6 is 22.7 Å². The van der Waals surface area contributed by atoms with Gasteiger partial charge in [0, 0.05) is 95.4 Å². The zero-order chi connectivity index (χ0) is 88.7. The van der Waals surface area contributed by atoms with Gasteiger partial charge in [-0.25, -0.2) is 60.6 Å². The number of ether oxygens (including phenoxy) is 6. The summed E-state index contributed by atoms with van der Waals surface area (Å²) in [6.07, 6.45) is 10.1. The van der Waals surface area contributed by atoms with Crippen LogP contribution in [0.15, 0.2) is 142 Å². The highest BCUT2D eigenvalue weighted by Crippen LogP contribution is 2.47. The molecular weight excluding hydrogens is 1660 g/mol. The average Bonchev–Trinajstić information content (AvgIpc) is 1.58. The lowest BCUT2D eigenvalue weighted by Gasteiger charge is -2.29. The summed E-state index contributed by atoms with van der Waals surface area (Å²) < 4.78 is 92.0. The number of thiazole rings is 2. The van der Waals surface area contributed by atoms with Gasteiger partial charge in [0.15, 0.2) is 10.3 Å². The van der Waals surface area contributed by atoms with E-state index < -0.39 is 108 Å². The summed E-state index contributed by atoms with van der Waals surface area (Å²) in [5, 5.41) is 31.2. The van der Waals surface area contributed by atoms with Crippen LogP contribution < -0.4 is 60.7 Å². The molecule has 0 unspecified atom stereocenters. The topological polar surface area (TPSA) is 449 Å². The number of sulfonamides is 2. The summed E-state index contributed by atoms with van der Waals surface area (Å²) in [5.74, 6) is -2.56. The molecule has 0 radical (unpaired) electrons. The zero-order valence-electron chi connectivity index (χ0n) is 70.4. The molecule has 4 aliphatic heterocycles. The fraction of sp³-hybridized carbons (Fsp3) is 0.442. The van der Waals surface area contributed by atoms with E-state index in [-0.39, 0.29) is 89.8 Å². The van der Waals surface area contributed by atoms with Crippen LogP contribution in [0.3, 0.4) is 0 Å². The maximum atomic E-state index is 14.5. The van der Waals surface area contributed by atoms with Crippen LogP contribution in [-0.4, -0.2) is 185 Å². The Bertz CT molecular complexity index is 5630. The van der Waals surface area contributed by atoms with Gasteiger partial charge in [-0.15, -0.1) is 22.7 Å². The van der Waals surface area contributed by atoms with Gasteiger partial charge in [-0.1, -0.05) is 48.6 Å². The van der Waals surface area contributed by atoms with Gasteiger partial charge >= 0.3 is 18.2 Å². The number of rotatable bonds is 15. The number of anilines is 4. The number of benzene rings is 4. The van der Waals surface area contributed by atoms with Crippen molar-refractivity contribution in [2.75, 3.05) is 48.6 Å². The van der Waals surface area contributed by atoms with E-state index in [0.717, 1.165) is 28.5 Å². The molecule has 2 saturated heterocycles. The number of nitrogens with two attached hydrogens (primary N) is 1. The summed E-state index contributed by atoms with van der Waals surface area (Å²) in [6, 6.07) is 24.5. The fourth-order valence-corrected chi connectivity index (χ4v) is 18.5. The normalized spacial score (nSPS) is 23.1. The van der Waals surface area contributed by atoms with Crippen LogP contribution in [0.25, 0.3) is 44.6 Å². The molecule has 8 aromatic rings. The van der Waals surface area contributed by atoms with Gasteiger partial charge in [-0.05, 0) is 169 Å². The van der Waals surface area contributed by atoms with Gasteiger partial charge in [0.1, 0.15) is 90.7 Å². The largest absolute Gasteiger partial charge is 0.497 e. The van der Waals surface area contributed by atoms with Crippen molar-refractivity contribution in [1.82, 2.24) is 44.5 Å². The standard InChI is InChI=1S/C43H51N7O9S2.C26H32N4O6S.C17H21N3O4S/c1-25(2)44-40-47-33(24-60-40)32-21-35(29-18-17-27(57-6)19-31(29)45-32)58-28-20-34(50(23-28)41(54)59-42(3,4)5)38(52)48-43-22-26(43)13-9-7-8-10-16-37(51)46-30-14-11-12-15-36(30)61(55,56)49-39(43)53;1-14(2)27-24-29-20(13-37-24)19-11-22(17-8-7-15(34-6)9-18(17)28-19)35-16-10-21(23(31)32)30(12-16)25(33)36-26(3,4)5;18-17-11-12(17)7-3-1-2-4-10-15(21)19-13-8-5-6-9-14(13)25(23,24)20-16(17)22/h9,11-15,17-19,21,24-26,28,34H,7-8,10,16,20,22-23H2,1-6H3,(H,44,47)(H,46,51)(H,48,52)(H,49,53);7-9,11,13-14,16,21H,10,12H2,1-6H3,(H,27,29)(H,31,32);3,5-9,12H,1-2,4,10-11,18H2,(H,19,21)(H,20,22)/b13-9+;;7-3+/t26-,28-,34+,43-;16-,21+;12-,17-/m111/s1. The third-order valence-electron chi connectivity index (χ3n) is 20.7. The SMILES string of the molecule is COc1ccc2c(O[C@@H]3C[C@@H](C(=O)N[C@]45C[C@H]4/C=C/CCCCC(=O)Nc4ccccc4S(=O)(=O)NC5=O)N(C(=O)OC(C)(C)C)C3)cc(-c3csc(NC(C)C)n3)nc2c1.COc1ccc2c(O[C@@H]3C[C@@H](C(=O)O)N(C(=O)OC(C)(C)C)C3)cc(-c3csc(NC(C)C)n3)nc2c1.N[C@]12C[C@H]1/C=C/CCCCC(=O)Nc1ccccc1S(=O)(=O)NC2=O. The molecule has 4 aromatic heterocycles. The molecular formula is C86H104N14O19S4. The zero-order valence-corrected chi connectivity index (χ0v) is 73.7. The summed E-state index contributed by atoms with van der Waals surface area (Å²) in [7, 11) is -5.51. The highest BCUT2D eigenvalue weighted by Gasteiger charge is 2.62. The first-order chi connectivity index (χ1) is 58.2. The van der Waals surface area contributed by atoms with Crippen molar-refractivity contribution in [3.05, 3.63) is 132 Å². The Labute approximate surface area is 721 Å². The number of nitrogens with one attached hydrogen (secondary N) is 7. The second-order valence-corrected chi connectivity index (χ2v) is 38.5. The maximum Gasteiger partial charge on any atom is 0.411 e. The Morgan fingerprint density at radius 3 is 1.46 bits per heavy atom. The smallest absolute Gasteiger partial charge is 0.411 e. The molecule has 14 rings (SSSR count). The minimum absolute atomic E-state index is 0.0170. The molecule has 8 atom stereocenters. The van der Waals surface area contributed by atoms with E-state index in [1.165, 1.54) is 68.9 Å². The lowest BCUT2D eigenvalue weighted by Crippen LogP contribution is -2.56. The number of methoxy groups -OCH3 is 2. The van der Waals surface area contributed by atoms with E-state index in [1.54, 1.807) is 98.2 Å². The number of likely N-dealkylation sites (tertiary alicyclic amines) is 2. The second kappa shape index (κ2) is 37.7. The summed E-state index contributed by atoms with van der Waals surface area (Å²) in [5.41, 5.74) is 5.44. The molecule has 123 heavy (non-hydrogen) atoms. The summed E-state index contributed by atoms with van der Waals surface area (Å²) in [4.78, 5) is 125. The third kappa shape index (κ3) is 22.7. The Morgan fingerprint density at radius 2 is 1.01 bits per heavy atom. The van der Waals surface area contributed by atoms with Crippen molar-refractivity contribution in [2.24, 2.45) is 17.6 Å². The number of fused-ring (bicyclic) bond motifs is 6. The predicted molar refractivity (Wildman–Crippen MR) is 466 cm³/mol. The van der Waals surface area contributed by atoms with Crippen molar-refractivity contribution >= 4 is 134 Å². The van der Waals surface area contributed by atoms with E-state index >= 15 is 0 Å². The minimum atomic E-state index is -4.52. The quantitative estimate of drug-likeness (QED) is 0.0430. The monoisotopic (exact) mass is 1760 g/mol. The molecule has 4 aromatic carbocycles. The van der Waals surface area contributed by atoms with Crippen LogP contribution in [0.5, 0.6) is 23.0 Å². The van der Waals surface area contributed by atoms with Crippen LogP contribution in [0.1, 0.15) is 146 Å². The molecule has 6 aliphatic rings. The Balaban J connectivity index is 0.000000188. The maximum absolute atomic E-state index is 14.5. The number of nitrogens with zero attached hydrogens (tertiary/aromatic N) is 6. The van der Waals surface area contributed by atoms with E-state index in [2.05, 4.69) is 41.0 Å².